The van der Waals surface area contributed by atoms with Crippen LogP contribution in [0.15, 0.2) is 0 Å². The van der Waals surface area contributed by atoms with Gasteiger partial charge in [-0.1, -0.05) is 27.7 Å². The molecular weight excluding hydrogens is 160 g/mol. The van der Waals surface area contributed by atoms with Gasteiger partial charge in [-0.2, -0.15) is 0 Å². The maximum absolute atomic E-state index is 11.6. The van der Waals surface area contributed by atoms with Crippen molar-refractivity contribution in [2.24, 2.45) is 23.7 Å². The van der Waals surface area contributed by atoms with E-state index in [0.717, 1.165) is 31.1 Å². The first kappa shape index (κ1) is 10.7. The summed E-state index contributed by atoms with van der Waals surface area (Å²) in [7, 11) is 0. The number of Topliss-reactive ketones (excluding diaryl/α,β-unsaturated/α-hetero) is 1. The second-order valence-corrected chi connectivity index (χ2v) is 5.10. The molecule has 0 aromatic rings. The zero-order valence-corrected chi connectivity index (χ0v) is 9.34. The summed E-state index contributed by atoms with van der Waals surface area (Å²) in [5, 5.41) is 0. The summed E-state index contributed by atoms with van der Waals surface area (Å²) in [5.41, 5.74) is 0. The summed E-state index contributed by atoms with van der Waals surface area (Å²) in [6.07, 6.45) is 3.08. The molecule has 76 valence electrons. The Morgan fingerprint density at radius 1 is 1.15 bits per heavy atom. The fourth-order valence-corrected chi connectivity index (χ4v) is 2.34. The average molecular weight is 182 g/mol. The van der Waals surface area contributed by atoms with E-state index in [9.17, 15) is 4.79 Å². The van der Waals surface area contributed by atoms with Crippen LogP contribution in [-0.4, -0.2) is 5.78 Å². The Labute approximate surface area is 81.9 Å². The lowest BCUT2D eigenvalue weighted by molar-refractivity contribution is -0.127. The third-order valence-electron chi connectivity index (χ3n) is 3.48. The normalized spacial score (nSPS) is 30.2. The van der Waals surface area contributed by atoms with E-state index in [1.807, 2.05) is 0 Å². The Morgan fingerprint density at radius 3 is 2.23 bits per heavy atom. The first-order chi connectivity index (χ1) is 6.02. The highest BCUT2D eigenvalue weighted by atomic mass is 16.1. The van der Waals surface area contributed by atoms with E-state index < -0.39 is 0 Å². The number of ketones is 1. The predicted molar refractivity (Wildman–Crippen MR) is 55.5 cm³/mol. The van der Waals surface area contributed by atoms with Gasteiger partial charge in [0, 0.05) is 12.3 Å². The molecule has 1 aliphatic rings. The lowest BCUT2D eigenvalue weighted by Gasteiger charge is -2.32. The van der Waals surface area contributed by atoms with Gasteiger partial charge in [0.15, 0.2) is 0 Å². The quantitative estimate of drug-likeness (QED) is 0.640. The Bertz CT molecular complexity index is 182. The minimum atomic E-state index is 0.348. The molecule has 0 N–H and O–H groups in total. The van der Waals surface area contributed by atoms with E-state index in [0.29, 0.717) is 17.6 Å². The number of rotatable bonds is 2. The first-order valence-electron chi connectivity index (χ1n) is 5.55. The van der Waals surface area contributed by atoms with Crippen LogP contribution in [0.3, 0.4) is 0 Å². The van der Waals surface area contributed by atoms with E-state index in [2.05, 4.69) is 27.7 Å². The van der Waals surface area contributed by atoms with E-state index in [-0.39, 0.29) is 0 Å². The van der Waals surface area contributed by atoms with Crippen LogP contribution in [0.5, 0.6) is 0 Å². The first-order valence-corrected chi connectivity index (χ1v) is 5.55. The van der Waals surface area contributed by atoms with Crippen LogP contribution in [0, 0.1) is 23.7 Å². The van der Waals surface area contributed by atoms with Crippen molar-refractivity contribution in [3.8, 4) is 0 Å². The molecule has 0 heterocycles. The zero-order chi connectivity index (χ0) is 10.0. The van der Waals surface area contributed by atoms with Crippen molar-refractivity contribution in [1.29, 1.82) is 0 Å². The smallest absolute Gasteiger partial charge is 0.136 e. The molecule has 0 aromatic carbocycles. The Kier molecular flexibility index (Phi) is 3.52. The molecule has 0 saturated heterocycles. The molecule has 0 radical (unpaired) electrons. The van der Waals surface area contributed by atoms with Crippen molar-refractivity contribution < 1.29 is 4.79 Å². The maximum Gasteiger partial charge on any atom is 0.136 e. The fourth-order valence-electron chi connectivity index (χ4n) is 2.34. The molecule has 1 heteroatoms. The van der Waals surface area contributed by atoms with Crippen LogP contribution in [0.2, 0.25) is 0 Å². The highest BCUT2D eigenvalue weighted by molar-refractivity contribution is 5.81. The van der Waals surface area contributed by atoms with Gasteiger partial charge in [0.25, 0.3) is 0 Å². The maximum atomic E-state index is 11.6. The number of carbonyl (C=O) groups excluding carboxylic acids is 1. The Balaban J connectivity index is 2.58. The van der Waals surface area contributed by atoms with Gasteiger partial charge in [-0.15, -0.1) is 0 Å². The monoisotopic (exact) mass is 182 g/mol. The average Bonchev–Trinajstić information content (AvgIpc) is 2.04. The van der Waals surface area contributed by atoms with Crippen LogP contribution in [0.4, 0.5) is 0 Å². The van der Waals surface area contributed by atoms with Crippen LogP contribution < -0.4 is 0 Å². The van der Waals surface area contributed by atoms with Crippen molar-refractivity contribution in [2.75, 3.05) is 0 Å². The topological polar surface area (TPSA) is 17.1 Å². The summed E-state index contributed by atoms with van der Waals surface area (Å²) in [4.78, 5) is 11.6. The summed E-state index contributed by atoms with van der Waals surface area (Å²) in [5.74, 6) is 2.92. The van der Waals surface area contributed by atoms with E-state index in [1.165, 1.54) is 0 Å². The predicted octanol–water partition coefficient (Wildman–Crippen LogP) is 3.28. The molecule has 1 nitrogen and oxygen atoms in total. The molecule has 2 atom stereocenters. The standard InChI is InChI=1S/C12H22O/c1-8(2)10-5-6-12(13)11(7-10)9(3)4/h8-11H,5-7H2,1-4H3. The molecule has 2 unspecified atom stereocenters. The summed E-state index contributed by atoms with van der Waals surface area (Å²) in [6.45, 7) is 8.90. The van der Waals surface area contributed by atoms with Crippen molar-refractivity contribution >= 4 is 5.78 Å². The highest BCUT2D eigenvalue weighted by Gasteiger charge is 2.31. The molecule has 0 spiro atoms. The van der Waals surface area contributed by atoms with E-state index in [1.54, 1.807) is 0 Å². The molecule has 1 rings (SSSR count). The number of carbonyl (C=O) groups is 1. The van der Waals surface area contributed by atoms with Crippen LogP contribution in [0.25, 0.3) is 0 Å². The molecule has 1 saturated carbocycles. The second-order valence-electron chi connectivity index (χ2n) is 5.10. The van der Waals surface area contributed by atoms with E-state index >= 15 is 0 Å². The van der Waals surface area contributed by atoms with Gasteiger partial charge >= 0.3 is 0 Å². The largest absolute Gasteiger partial charge is 0.299 e. The minimum absolute atomic E-state index is 0.348. The van der Waals surface area contributed by atoms with Crippen LogP contribution in [-0.2, 0) is 4.79 Å². The van der Waals surface area contributed by atoms with Crippen molar-refractivity contribution in [3.05, 3.63) is 0 Å². The van der Waals surface area contributed by atoms with Gasteiger partial charge in [0.1, 0.15) is 5.78 Å². The molecule has 0 bridgehead atoms. The molecule has 1 aliphatic carbocycles. The molecule has 0 aliphatic heterocycles. The van der Waals surface area contributed by atoms with Gasteiger partial charge in [-0.05, 0) is 30.6 Å². The summed E-state index contributed by atoms with van der Waals surface area (Å²) < 4.78 is 0. The Morgan fingerprint density at radius 2 is 1.77 bits per heavy atom. The van der Waals surface area contributed by atoms with Gasteiger partial charge in [-0.3, -0.25) is 4.79 Å². The third-order valence-corrected chi connectivity index (χ3v) is 3.48. The lowest BCUT2D eigenvalue weighted by Crippen LogP contribution is -2.30. The number of hydrogen-bond donors (Lipinski definition) is 0. The third kappa shape index (κ3) is 2.55. The fraction of sp³-hybridized carbons (Fsp3) is 0.917. The molecule has 0 aromatic heterocycles. The van der Waals surface area contributed by atoms with Gasteiger partial charge < -0.3 is 0 Å². The van der Waals surface area contributed by atoms with E-state index in [4.69, 9.17) is 0 Å². The van der Waals surface area contributed by atoms with Gasteiger partial charge in [0.05, 0.1) is 0 Å². The molecule has 13 heavy (non-hydrogen) atoms. The molecule has 1 fully saturated rings. The van der Waals surface area contributed by atoms with Crippen molar-refractivity contribution in [3.63, 3.8) is 0 Å². The second kappa shape index (κ2) is 4.26. The Hall–Kier alpha value is -0.330. The molecule has 0 amide bonds. The minimum Gasteiger partial charge on any atom is -0.299 e. The van der Waals surface area contributed by atoms with Crippen molar-refractivity contribution in [1.82, 2.24) is 0 Å². The highest BCUT2D eigenvalue weighted by Crippen LogP contribution is 2.34. The van der Waals surface area contributed by atoms with Crippen LogP contribution in [0.1, 0.15) is 47.0 Å². The van der Waals surface area contributed by atoms with Gasteiger partial charge in [0.2, 0.25) is 0 Å². The summed E-state index contributed by atoms with van der Waals surface area (Å²) in [6, 6.07) is 0. The lowest BCUT2D eigenvalue weighted by atomic mass is 9.72. The summed E-state index contributed by atoms with van der Waals surface area (Å²) >= 11 is 0. The number of hydrogen-bond acceptors (Lipinski definition) is 1. The van der Waals surface area contributed by atoms with Crippen molar-refractivity contribution in [2.45, 2.75) is 47.0 Å². The molecular formula is C12H22O. The van der Waals surface area contributed by atoms with Crippen LogP contribution >= 0.6 is 0 Å². The zero-order valence-electron chi connectivity index (χ0n) is 9.34. The SMILES string of the molecule is CC(C)C1CCC(=O)C(C(C)C)C1. The van der Waals surface area contributed by atoms with Gasteiger partial charge in [-0.25, -0.2) is 0 Å².